The lowest BCUT2D eigenvalue weighted by molar-refractivity contribution is -0.115. The molecule has 0 aromatic heterocycles. The molecule has 0 aliphatic carbocycles. The van der Waals surface area contributed by atoms with Gasteiger partial charge < -0.3 is 10.1 Å². The second-order valence-electron chi connectivity index (χ2n) is 2.77. The summed E-state index contributed by atoms with van der Waals surface area (Å²) in [5.74, 6) is 2.65. The van der Waals surface area contributed by atoms with Gasteiger partial charge in [0.05, 0.1) is 19.2 Å². The van der Waals surface area contributed by atoms with Gasteiger partial charge >= 0.3 is 0 Å². The van der Waals surface area contributed by atoms with E-state index in [0.717, 1.165) is 4.47 Å². The van der Waals surface area contributed by atoms with E-state index in [9.17, 15) is 4.79 Å². The molecule has 4 heteroatoms. The maximum atomic E-state index is 11.3. The number of rotatable bonds is 3. The standard InChI is InChI=1S/C11H10BrNO2/c1-3-4-11(14)13-9-7-8(12)5-6-10(9)15-2/h1,5-7H,4H2,2H3,(H,13,14). The molecule has 0 aliphatic heterocycles. The van der Waals surface area contributed by atoms with Gasteiger partial charge in [-0.25, -0.2) is 0 Å². The second kappa shape index (κ2) is 5.42. The van der Waals surface area contributed by atoms with Gasteiger partial charge in [0.2, 0.25) is 5.91 Å². The van der Waals surface area contributed by atoms with E-state index in [2.05, 4.69) is 27.2 Å². The highest BCUT2D eigenvalue weighted by Gasteiger charge is 2.06. The van der Waals surface area contributed by atoms with Crippen LogP contribution in [0.5, 0.6) is 5.75 Å². The largest absolute Gasteiger partial charge is 0.495 e. The van der Waals surface area contributed by atoms with Crippen LogP contribution in [0.15, 0.2) is 22.7 Å². The van der Waals surface area contributed by atoms with Crippen molar-refractivity contribution in [1.29, 1.82) is 0 Å². The van der Waals surface area contributed by atoms with Crippen molar-refractivity contribution in [2.45, 2.75) is 6.42 Å². The van der Waals surface area contributed by atoms with Crippen molar-refractivity contribution in [1.82, 2.24) is 0 Å². The number of halogens is 1. The molecule has 1 amide bonds. The van der Waals surface area contributed by atoms with Crippen LogP contribution in [-0.2, 0) is 4.79 Å². The SMILES string of the molecule is C#CCC(=O)Nc1cc(Br)ccc1OC. The van der Waals surface area contributed by atoms with Gasteiger partial charge in [0, 0.05) is 4.47 Å². The van der Waals surface area contributed by atoms with Gasteiger partial charge in [-0.2, -0.15) is 0 Å². The number of hydrogen-bond donors (Lipinski definition) is 1. The maximum Gasteiger partial charge on any atom is 0.236 e. The molecule has 0 heterocycles. The smallest absolute Gasteiger partial charge is 0.236 e. The van der Waals surface area contributed by atoms with Crippen molar-refractivity contribution in [3.8, 4) is 18.1 Å². The van der Waals surface area contributed by atoms with E-state index in [1.54, 1.807) is 19.2 Å². The van der Waals surface area contributed by atoms with Crippen molar-refractivity contribution >= 4 is 27.5 Å². The van der Waals surface area contributed by atoms with E-state index in [0.29, 0.717) is 11.4 Å². The first kappa shape index (κ1) is 11.6. The lowest BCUT2D eigenvalue weighted by Crippen LogP contribution is -2.10. The Morgan fingerprint density at radius 1 is 1.67 bits per heavy atom. The molecule has 0 atom stereocenters. The Labute approximate surface area is 96.9 Å². The predicted molar refractivity (Wildman–Crippen MR) is 62.8 cm³/mol. The maximum absolute atomic E-state index is 11.3. The van der Waals surface area contributed by atoms with Gasteiger partial charge in [0.25, 0.3) is 0 Å². The summed E-state index contributed by atoms with van der Waals surface area (Å²) in [7, 11) is 1.54. The average molecular weight is 268 g/mol. The van der Waals surface area contributed by atoms with Crippen LogP contribution in [0.3, 0.4) is 0 Å². The highest BCUT2D eigenvalue weighted by Crippen LogP contribution is 2.27. The lowest BCUT2D eigenvalue weighted by atomic mass is 10.3. The number of hydrogen-bond acceptors (Lipinski definition) is 2. The summed E-state index contributed by atoms with van der Waals surface area (Å²) >= 11 is 3.31. The Bertz CT molecular complexity index is 410. The number of amides is 1. The fourth-order valence-corrected chi connectivity index (χ4v) is 1.43. The van der Waals surface area contributed by atoms with Crippen LogP contribution in [0.4, 0.5) is 5.69 Å². The molecule has 15 heavy (non-hydrogen) atoms. The zero-order chi connectivity index (χ0) is 11.3. The number of methoxy groups -OCH3 is 1. The molecular formula is C11H10BrNO2. The van der Waals surface area contributed by atoms with Gasteiger partial charge in [0.1, 0.15) is 5.75 Å². The van der Waals surface area contributed by atoms with Gasteiger partial charge in [-0.05, 0) is 18.2 Å². The number of terminal acetylenes is 1. The van der Waals surface area contributed by atoms with Crippen LogP contribution in [0.2, 0.25) is 0 Å². The monoisotopic (exact) mass is 267 g/mol. The number of carbonyl (C=O) groups is 1. The van der Waals surface area contributed by atoms with Crippen molar-refractivity contribution < 1.29 is 9.53 Å². The summed E-state index contributed by atoms with van der Waals surface area (Å²) < 4.78 is 5.95. The summed E-state index contributed by atoms with van der Waals surface area (Å²) in [6.45, 7) is 0. The number of anilines is 1. The first-order valence-corrected chi connectivity index (χ1v) is 5.03. The quantitative estimate of drug-likeness (QED) is 0.855. The minimum absolute atomic E-state index is 0.0513. The first-order valence-electron chi connectivity index (χ1n) is 4.24. The number of ether oxygens (including phenoxy) is 1. The summed E-state index contributed by atoms with van der Waals surface area (Å²) in [6.07, 6.45) is 5.08. The van der Waals surface area contributed by atoms with Crippen molar-refractivity contribution in [2.75, 3.05) is 12.4 Å². The molecule has 0 saturated heterocycles. The molecular weight excluding hydrogens is 258 g/mol. The fraction of sp³-hybridized carbons (Fsp3) is 0.182. The van der Waals surface area contributed by atoms with E-state index in [1.807, 2.05) is 6.07 Å². The van der Waals surface area contributed by atoms with E-state index in [-0.39, 0.29) is 12.3 Å². The second-order valence-corrected chi connectivity index (χ2v) is 3.69. The Balaban J connectivity index is 2.88. The number of benzene rings is 1. The Morgan fingerprint density at radius 3 is 3.00 bits per heavy atom. The third kappa shape index (κ3) is 3.30. The Morgan fingerprint density at radius 2 is 2.40 bits per heavy atom. The topological polar surface area (TPSA) is 38.3 Å². The average Bonchev–Trinajstić information content (AvgIpc) is 2.18. The fourth-order valence-electron chi connectivity index (χ4n) is 1.06. The van der Waals surface area contributed by atoms with Crippen molar-refractivity contribution in [2.24, 2.45) is 0 Å². The normalized spacial score (nSPS) is 9.13. The van der Waals surface area contributed by atoms with Crippen molar-refractivity contribution in [3.05, 3.63) is 22.7 Å². The van der Waals surface area contributed by atoms with E-state index in [1.165, 1.54) is 0 Å². The highest BCUT2D eigenvalue weighted by molar-refractivity contribution is 9.10. The zero-order valence-electron chi connectivity index (χ0n) is 8.21. The van der Waals surface area contributed by atoms with Gasteiger partial charge in [-0.15, -0.1) is 6.42 Å². The van der Waals surface area contributed by atoms with Gasteiger partial charge in [-0.3, -0.25) is 4.79 Å². The molecule has 1 rings (SSSR count). The summed E-state index contributed by atoms with van der Waals surface area (Å²) in [5.41, 5.74) is 0.604. The van der Waals surface area contributed by atoms with Crippen LogP contribution in [0.25, 0.3) is 0 Å². The zero-order valence-corrected chi connectivity index (χ0v) is 9.80. The van der Waals surface area contributed by atoms with Crippen LogP contribution >= 0.6 is 15.9 Å². The number of nitrogens with one attached hydrogen (secondary N) is 1. The Kier molecular flexibility index (Phi) is 4.19. The molecule has 0 aliphatic rings. The van der Waals surface area contributed by atoms with Gasteiger partial charge in [0.15, 0.2) is 0 Å². The van der Waals surface area contributed by atoms with Crippen molar-refractivity contribution in [3.63, 3.8) is 0 Å². The molecule has 1 aromatic carbocycles. The minimum atomic E-state index is -0.228. The van der Waals surface area contributed by atoms with Crippen LogP contribution in [0.1, 0.15) is 6.42 Å². The lowest BCUT2D eigenvalue weighted by Gasteiger charge is -2.09. The molecule has 1 aromatic rings. The first-order chi connectivity index (χ1) is 7.17. The predicted octanol–water partition coefficient (Wildman–Crippen LogP) is 2.42. The van der Waals surface area contributed by atoms with E-state index >= 15 is 0 Å². The molecule has 0 spiro atoms. The summed E-state index contributed by atoms with van der Waals surface area (Å²) in [6, 6.07) is 5.35. The molecule has 0 fully saturated rings. The minimum Gasteiger partial charge on any atom is -0.495 e. The molecule has 0 bridgehead atoms. The third-order valence-electron chi connectivity index (χ3n) is 1.70. The molecule has 3 nitrogen and oxygen atoms in total. The molecule has 0 unspecified atom stereocenters. The van der Waals surface area contributed by atoms with E-state index < -0.39 is 0 Å². The summed E-state index contributed by atoms with van der Waals surface area (Å²) in [4.78, 5) is 11.3. The van der Waals surface area contributed by atoms with Gasteiger partial charge in [-0.1, -0.05) is 21.9 Å². The Hall–Kier alpha value is -1.47. The molecule has 0 saturated carbocycles. The van der Waals surface area contributed by atoms with Crippen LogP contribution in [-0.4, -0.2) is 13.0 Å². The van der Waals surface area contributed by atoms with Crippen LogP contribution in [0, 0.1) is 12.3 Å². The molecule has 78 valence electrons. The highest BCUT2D eigenvalue weighted by atomic mass is 79.9. The summed E-state index contributed by atoms with van der Waals surface area (Å²) in [5, 5.41) is 2.67. The van der Waals surface area contributed by atoms with Crippen LogP contribution < -0.4 is 10.1 Å². The third-order valence-corrected chi connectivity index (χ3v) is 2.19. The van der Waals surface area contributed by atoms with E-state index in [4.69, 9.17) is 11.2 Å². The molecule has 1 N–H and O–H groups in total. The number of carbonyl (C=O) groups excluding carboxylic acids is 1. The molecule has 0 radical (unpaired) electrons.